The smallest absolute Gasteiger partial charge is 0.317 e. The Hall–Kier alpha value is -2.54. The Bertz CT molecular complexity index is 890. The highest BCUT2D eigenvalue weighted by Crippen LogP contribution is 2.45. The number of aliphatic hydroxyl groups is 1. The quantitative estimate of drug-likeness (QED) is 0.553. The predicted octanol–water partition coefficient (Wildman–Crippen LogP) is 4.61. The highest BCUT2D eigenvalue weighted by atomic mass is 16.5. The van der Waals surface area contributed by atoms with Crippen LogP contribution in [0.1, 0.15) is 76.6 Å². The van der Waals surface area contributed by atoms with E-state index in [-0.39, 0.29) is 24.0 Å². The number of nitrogens with one attached hydrogen (secondary N) is 1. The normalized spacial score (nSPS) is 23.5. The molecule has 2 N–H and O–H groups in total. The number of carbonyl (C=O) groups excluding carboxylic acids is 2. The van der Waals surface area contributed by atoms with E-state index in [1.165, 1.54) is 5.57 Å². The molecular formula is C28H43N3O4. The molecule has 1 saturated heterocycles. The molecular weight excluding hydrogens is 442 g/mol. The van der Waals surface area contributed by atoms with E-state index in [2.05, 4.69) is 11.4 Å². The lowest BCUT2D eigenvalue weighted by atomic mass is 9.94. The maximum atomic E-state index is 12.9. The van der Waals surface area contributed by atoms with E-state index in [1.807, 2.05) is 63.9 Å². The summed E-state index contributed by atoms with van der Waals surface area (Å²) < 4.78 is 5.92. The fourth-order valence-electron chi connectivity index (χ4n) is 5.28. The van der Waals surface area contributed by atoms with Gasteiger partial charge in [0.15, 0.2) is 0 Å². The lowest BCUT2D eigenvalue weighted by molar-refractivity contribution is 0.0421. The third-order valence-electron chi connectivity index (χ3n) is 7.28. The third-order valence-corrected chi connectivity index (χ3v) is 7.28. The fourth-order valence-corrected chi connectivity index (χ4v) is 5.28. The van der Waals surface area contributed by atoms with Crippen molar-refractivity contribution in [3.05, 3.63) is 41.5 Å². The molecule has 1 aromatic carbocycles. The van der Waals surface area contributed by atoms with Crippen molar-refractivity contribution in [2.75, 3.05) is 26.7 Å². The summed E-state index contributed by atoms with van der Waals surface area (Å²) in [7, 11) is 1.82. The van der Waals surface area contributed by atoms with Gasteiger partial charge in [-0.25, -0.2) is 4.79 Å². The van der Waals surface area contributed by atoms with Crippen LogP contribution in [0.15, 0.2) is 35.9 Å². The molecule has 2 atom stereocenters. The van der Waals surface area contributed by atoms with Crippen molar-refractivity contribution in [1.82, 2.24) is 15.1 Å². The van der Waals surface area contributed by atoms with Gasteiger partial charge in [0, 0.05) is 38.2 Å². The zero-order valence-electron chi connectivity index (χ0n) is 22.0. The average Bonchev–Trinajstić information content (AvgIpc) is 3.41. The molecule has 3 amide bonds. The zero-order chi connectivity index (χ0) is 25.6. The van der Waals surface area contributed by atoms with Gasteiger partial charge in [0.2, 0.25) is 0 Å². The molecule has 7 nitrogen and oxygen atoms in total. The SMILES string of the molecule is CC.CC(C)NC(=O)N1CCC(CCOc2ccc(C(=O)N(C)C3CC4(O)CC=C3C4)cc2)CC1. The van der Waals surface area contributed by atoms with Crippen LogP contribution in [0, 0.1) is 5.92 Å². The second-order valence-corrected chi connectivity index (χ2v) is 10.2. The highest BCUT2D eigenvalue weighted by Gasteiger charge is 2.46. The number of piperidine rings is 1. The second kappa shape index (κ2) is 11.9. The Morgan fingerprint density at radius 2 is 1.86 bits per heavy atom. The van der Waals surface area contributed by atoms with Gasteiger partial charge in [-0.05, 0) is 81.7 Å². The van der Waals surface area contributed by atoms with E-state index in [4.69, 9.17) is 4.74 Å². The number of carbonyl (C=O) groups is 2. The summed E-state index contributed by atoms with van der Waals surface area (Å²) in [6.45, 7) is 10.2. The summed E-state index contributed by atoms with van der Waals surface area (Å²) in [6, 6.07) is 7.53. The van der Waals surface area contributed by atoms with Crippen LogP contribution in [-0.4, -0.2) is 71.3 Å². The summed E-state index contributed by atoms with van der Waals surface area (Å²) in [4.78, 5) is 28.7. The third kappa shape index (κ3) is 6.78. The predicted molar refractivity (Wildman–Crippen MR) is 139 cm³/mol. The van der Waals surface area contributed by atoms with E-state index in [9.17, 15) is 14.7 Å². The van der Waals surface area contributed by atoms with Crippen LogP contribution in [0.2, 0.25) is 0 Å². The minimum Gasteiger partial charge on any atom is -0.494 e. The van der Waals surface area contributed by atoms with Gasteiger partial charge in [-0.3, -0.25) is 4.79 Å². The van der Waals surface area contributed by atoms with Gasteiger partial charge in [0.1, 0.15) is 5.75 Å². The number of benzene rings is 1. The number of fused-ring (bicyclic) bond motifs is 2. The fraction of sp³-hybridized carbons (Fsp3) is 0.643. The molecule has 194 valence electrons. The highest BCUT2D eigenvalue weighted by molar-refractivity contribution is 5.94. The van der Waals surface area contributed by atoms with Crippen LogP contribution in [0.4, 0.5) is 4.79 Å². The van der Waals surface area contributed by atoms with E-state index >= 15 is 0 Å². The van der Waals surface area contributed by atoms with Crippen LogP contribution in [0.5, 0.6) is 5.75 Å². The number of hydrogen-bond donors (Lipinski definition) is 2. The Morgan fingerprint density at radius 1 is 1.20 bits per heavy atom. The van der Waals surface area contributed by atoms with Gasteiger partial charge in [-0.2, -0.15) is 0 Å². The number of likely N-dealkylation sites (tertiary alicyclic amines) is 1. The molecule has 0 radical (unpaired) electrons. The monoisotopic (exact) mass is 485 g/mol. The number of ether oxygens (including phenoxy) is 1. The molecule has 1 heterocycles. The molecule has 1 aliphatic heterocycles. The molecule has 2 unspecified atom stereocenters. The average molecular weight is 486 g/mol. The van der Waals surface area contributed by atoms with Crippen LogP contribution >= 0.6 is 0 Å². The molecule has 2 aliphatic carbocycles. The summed E-state index contributed by atoms with van der Waals surface area (Å²) in [5, 5.41) is 13.4. The minimum atomic E-state index is -0.649. The Kier molecular flexibility index (Phi) is 9.22. The van der Waals surface area contributed by atoms with Gasteiger partial charge >= 0.3 is 6.03 Å². The molecule has 0 aromatic heterocycles. The maximum absolute atomic E-state index is 12.9. The van der Waals surface area contributed by atoms with Crippen molar-refractivity contribution in [2.45, 2.75) is 83.9 Å². The summed E-state index contributed by atoms with van der Waals surface area (Å²) in [5.41, 5.74) is 1.16. The van der Waals surface area contributed by atoms with Crippen molar-refractivity contribution in [3.8, 4) is 5.75 Å². The van der Waals surface area contributed by atoms with Crippen LogP contribution in [0.3, 0.4) is 0 Å². The van der Waals surface area contributed by atoms with Crippen molar-refractivity contribution in [2.24, 2.45) is 5.92 Å². The molecule has 0 spiro atoms. The van der Waals surface area contributed by atoms with Crippen molar-refractivity contribution in [3.63, 3.8) is 0 Å². The van der Waals surface area contributed by atoms with E-state index in [1.54, 1.807) is 4.90 Å². The van der Waals surface area contributed by atoms with Gasteiger partial charge in [-0.15, -0.1) is 0 Å². The molecule has 1 aromatic rings. The number of nitrogens with zero attached hydrogens (tertiary/aromatic N) is 2. The number of likely N-dealkylation sites (N-methyl/N-ethyl adjacent to an activating group) is 1. The summed E-state index contributed by atoms with van der Waals surface area (Å²) >= 11 is 0. The molecule has 4 rings (SSSR count). The Balaban J connectivity index is 0.00000167. The maximum Gasteiger partial charge on any atom is 0.317 e. The van der Waals surface area contributed by atoms with Crippen molar-refractivity contribution in [1.29, 1.82) is 0 Å². The van der Waals surface area contributed by atoms with Crippen LogP contribution in [0.25, 0.3) is 0 Å². The van der Waals surface area contributed by atoms with Crippen LogP contribution in [-0.2, 0) is 0 Å². The van der Waals surface area contributed by atoms with Crippen molar-refractivity contribution >= 4 is 11.9 Å². The second-order valence-electron chi connectivity index (χ2n) is 10.2. The van der Waals surface area contributed by atoms with Gasteiger partial charge < -0.3 is 25.0 Å². The molecule has 2 fully saturated rings. The summed E-state index contributed by atoms with van der Waals surface area (Å²) in [5.74, 6) is 1.30. The Morgan fingerprint density at radius 3 is 2.40 bits per heavy atom. The lowest BCUT2D eigenvalue weighted by Gasteiger charge is -2.32. The standard InChI is InChI=1S/C26H37N3O4.C2H6/c1-18(2)27-25(31)29-13-9-19(10-14-29)11-15-33-22-6-4-20(5-7-22)24(30)28(3)23-17-26(32)12-8-21(23)16-26;1-2/h4-8,18-19,23,32H,9-17H2,1-3H3,(H,27,31);1-2H3. The number of urea groups is 1. The first-order chi connectivity index (χ1) is 16.7. The summed E-state index contributed by atoms with van der Waals surface area (Å²) in [6.07, 6.45) is 7.07. The molecule has 7 heteroatoms. The molecule has 35 heavy (non-hydrogen) atoms. The Labute approximate surface area is 210 Å². The zero-order valence-corrected chi connectivity index (χ0v) is 22.0. The molecule has 2 bridgehead atoms. The lowest BCUT2D eigenvalue weighted by Crippen LogP contribution is -2.46. The van der Waals surface area contributed by atoms with E-state index < -0.39 is 5.60 Å². The first-order valence-electron chi connectivity index (χ1n) is 13.2. The molecule has 3 aliphatic rings. The van der Waals surface area contributed by atoms with Crippen molar-refractivity contribution < 1.29 is 19.4 Å². The molecule has 1 saturated carbocycles. The number of hydrogen-bond acceptors (Lipinski definition) is 4. The minimum absolute atomic E-state index is 0.00459. The number of rotatable bonds is 7. The van der Waals surface area contributed by atoms with E-state index in [0.717, 1.165) is 38.1 Å². The largest absolute Gasteiger partial charge is 0.494 e. The first kappa shape index (κ1) is 27.1. The van der Waals surface area contributed by atoms with Gasteiger partial charge in [0.25, 0.3) is 5.91 Å². The van der Waals surface area contributed by atoms with Crippen LogP contribution < -0.4 is 10.1 Å². The van der Waals surface area contributed by atoms with Gasteiger partial charge in [-0.1, -0.05) is 19.9 Å². The first-order valence-corrected chi connectivity index (χ1v) is 13.2. The number of amides is 3. The topological polar surface area (TPSA) is 82.1 Å². The van der Waals surface area contributed by atoms with E-state index in [0.29, 0.717) is 37.4 Å². The van der Waals surface area contributed by atoms with Gasteiger partial charge in [0.05, 0.1) is 18.2 Å².